The summed E-state index contributed by atoms with van der Waals surface area (Å²) in [5.41, 5.74) is 0.866. The number of carbonyl (C=O) groups is 3. The van der Waals surface area contributed by atoms with E-state index in [1.807, 2.05) is 0 Å². The van der Waals surface area contributed by atoms with Crippen molar-refractivity contribution in [2.24, 2.45) is 0 Å². The lowest BCUT2D eigenvalue weighted by molar-refractivity contribution is -0.142. The third-order valence-electron chi connectivity index (χ3n) is 4.27. The van der Waals surface area contributed by atoms with Gasteiger partial charge in [-0.05, 0) is 36.4 Å². The monoisotopic (exact) mass is 471 g/mol. The van der Waals surface area contributed by atoms with Gasteiger partial charge in [0.25, 0.3) is 5.91 Å². The number of esters is 1. The Morgan fingerprint density at radius 1 is 0.969 bits per heavy atom. The van der Waals surface area contributed by atoms with Gasteiger partial charge in [-0.3, -0.25) is 9.59 Å². The highest BCUT2D eigenvalue weighted by Crippen LogP contribution is 2.24. The minimum absolute atomic E-state index is 0.0285. The quantitative estimate of drug-likeness (QED) is 0.278. The topological polar surface area (TPSA) is 72.5 Å². The molecule has 32 heavy (non-hydrogen) atoms. The summed E-state index contributed by atoms with van der Waals surface area (Å²) in [5.74, 6) is -2.46. The largest absolute Gasteiger partial charge is 0.452 e. The van der Waals surface area contributed by atoms with Crippen LogP contribution in [0.25, 0.3) is 6.08 Å². The fraction of sp³-hybridized carbons (Fsp3) is 0.0417. The van der Waals surface area contributed by atoms with E-state index in [0.29, 0.717) is 10.6 Å². The van der Waals surface area contributed by atoms with E-state index in [-0.39, 0.29) is 27.6 Å². The number of ketones is 1. The lowest BCUT2D eigenvalue weighted by Gasteiger charge is -2.11. The molecule has 0 atom stereocenters. The summed E-state index contributed by atoms with van der Waals surface area (Å²) in [6, 6.07) is 17.1. The zero-order chi connectivity index (χ0) is 23.1. The van der Waals surface area contributed by atoms with Gasteiger partial charge in [0.15, 0.2) is 12.4 Å². The van der Waals surface area contributed by atoms with E-state index in [1.165, 1.54) is 36.4 Å². The van der Waals surface area contributed by atoms with Gasteiger partial charge in [-0.1, -0.05) is 59.6 Å². The zero-order valence-corrected chi connectivity index (χ0v) is 18.0. The van der Waals surface area contributed by atoms with Crippen LogP contribution in [0.5, 0.6) is 0 Å². The van der Waals surface area contributed by atoms with Gasteiger partial charge >= 0.3 is 5.97 Å². The minimum Gasteiger partial charge on any atom is -0.452 e. The third-order valence-corrected chi connectivity index (χ3v) is 4.83. The lowest BCUT2D eigenvalue weighted by Crippen LogP contribution is -2.21. The number of ether oxygens (including phenoxy) is 1. The molecule has 0 bridgehead atoms. The standard InChI is InChI=1S/C24H16Cl2FNO4/c25-16-9-11-21(18(13-16)24(31)15-5-2-1-3-6-15)28-22(29)14-32-23(30)12-10-17-19(26)7-4-8-20(17)27/h1-13H,14H2,(H,28,29)/b12-10+. The maximum Gasteiger partial charge on any atom is 0.331 e. The van der Waals surface area contributed by atoms with Gasteiger partial charge in [0.05, 0.1) is 10.7 Å². The normalized spacial score (nSPS) is 10.7. The molecule has 3 rings (SSSR count). The van der Waals surface area contributed by atoms with Gasteiger partial charge in [-0.2, -0.15) is 0 Å². The average molecular weight is 472 g/mol. The molecule has 162 valence electrons. The minimum atomic E-state index is -0.865. The van der Waals surface area contributed by atoms with Crippen LogP contribution < -0.4 is 5.32 Å². The Balaban J connectivity index is 1.65. The van der Waals surface area contributed by atoms with Crippen molar-refractivity contribution in [3.05, 3.63) is 105 Å². The number of benzene rings is 3. The highest BCUT2D eigenvalue weighted by molar-refractivity contribution is 6.32. The molecule has 0 heterocycles. The number of rotatable bonds is 7. The second-order valence-corrected chi connectivity index (χ2v) is 7.35. The van der Waals surface area contributed by atoms with E-state index in [1.54, 1.807) is 30.3 Å². The van der Waals surface area contributed by atoms with E-state index >= 15 is 0 Å². The molecule has 0 fully saturated rings. The van der Waals surface area contributed by atoms with Crippen LogP contribution in [0, 0.1) is 5.82 Å². The van der Waals surface area contributed by atoms with E-state index in [2.05, 4.69) is 5.32 Å². The molecule has 0 spiro atoms. The molecule has 0 unspecified atom stereocenters. The van der Waals surface area contributed by atoms with Gasteiger partial charge in [-0.15, -0.1) is 0 Å². The van der Waals surface area contributed by atoms with E-state index < -0.39 is 24.3 Å². The van der Waals surface area contributed by atoms with Crippen molar-refractivity contribution in [3.63, 3.8) is 0 Å². The van der Waals surface area contributed by atoms with Crippen LogP contribution >= 0.6 is 23.2 Å². The molecule has 0 saturated heterocycles. The summed E-state index contributed by atoms with van der Waals surface area (Å²) in [7, 11) is 0. The summed E-state index contributed by atoms with van der Waals surface area (Å²) in [6.45, 7) is -0.615. The van der Waals surface area contributed by atoms with Gasteiger partial charge in [0.2, 0.25) is 0 Å². The van der Waals surface area contributed by atoms with Gasteiger partial charge in [0.1, 0.15) is 5.82 Å². The Hall–Kier alpha value is -3.48. The number of amides is 1. The van der Waals surface area contributed by atoms with Crippen molar-refractivity contribution in [3.8, 4) is 0 Å². The molecule has 0 saturated carbocycles. The van der Waals surface area contributed by atoms with Crippen molar-refractivity contribution < 1.29 is 23.5 Å². The van der Waals surface area contributed by atoms with Crippen LogP contribution in [-0.4, -0.2) is 24.3 Å². The van der Waals surface area contributed by atoms with Crippen LogP contribution in [0.15, 0.2) is 72.8 Å². The highest BCUT2D eigenvalue weighted by atomic mass is 35.5. The number of nitrogens with one attached hydrogen (secondary N) is 1. The van der Waals surface area contributed by atoms with Gasteiger partial charge in [-0.25, -0.2) is 9.18 Å². The van der Waals surface area contributed by atoms with Crippen molar-refractivity contribution in [1.29, 1.82) is 0 Å². The smallest absolute Gasteiger partial charge is 0.331 e. The number of hydrogen-bond donors (Lipinski definition) is 1. The maximum absolute atomic E-state index is 13.7. The fourth-order valence-corrected chi connectivity index (χ4v) is 3.15. The lowest BCUT2D eigenvalue weighted by atomic mass is 10.0. The molecule has 0 aromatic heterocycles. The Morgan fingerprint density at radius 2 is 1.72 bits per heavy atom. The fourth-order valence-electron chi connectivity index (χ4n) is 2.75. The summed E-state index contributed by atoms with van der Waals surface area (Å²) in [6.07, 6.45) is 2.12. The SMILES string of the molecule is O=C(COC(=O)/C=C/c1c(F)cccc1Cl)Nc1ccc(Cl)cc1C(=O)c1ccccc1. The average Bonchev–Trinajstić information content (AvgIpc) is 2.78. The Labute approximate surface area is 193 Å². The molecule has 1 N–H and O–H groups in total. The number of halogens is 3. The molecular formula is C24H16Cl2FNO4. The first-order chi connectivity index (χ1) is 15.3. The highest BCUT2D eigenvalue weighted by Gasteiger charge is 2.16. The summed E-state index contributed by atoms with van der Waals surface area (Å²) < 4.78 is 18.6. The van der Waals surface area contributed by atoms with E-state index in [4.69, 9.17) is 27.9 Å². The van der Waals surface area contributed by atoms with Crippen molar-refractivity contribution in [2.45, 2.75) is 0 Å². The van der Waals surface area contributed by atoms with Crippen molar-refractivity contribution >= 4 is 52.6 Å². The van der Waals surface area contributed by atoms with E-state index in [9.17, 15) is 18.8 Å². The first-order valence-electron chi connectivity index (χ1n) is 9.33. The second-order valence-electron chi connectivity index (χ2n) is 6.51. The second kappa shape index (κ2) is 10.7. The Morgan fingerprint density at radius 3 is 2.44 bits per heavy atom. The zero-order valence-electron chi connectivity index (χ0n) is 16.5. The molecule has 3 aromatic rings. The van der Waals surface area contributed by atoms with Crippen molar-refractivity contribution in [1.82, 2.24) is 0 Å². The van der Waals surface area contributed by atoms with Crippen LogP contribution in [0.4, 0.5) is 10.1 Å². The Kier molecular flexibility index (Phi) is 7.76. The van der Waals surface area contributed by atoms with Crippen LogP contribution in [0.1, 0.15) is 21.5 Å². The third kappa shape index (κ3) is 6.03. The first kappa shape index (κ1) is 23.2. The van der Waals surface area contributed by atoms with Gasteiger partial charge < -0.3 is 10.1 Å². The van der Waals surface area contributed by atoms with Gasteiger partial charge in [0, 0.05) is 27.8 Å². The molecule has 8 heteroatoms. The summed E-state index contributed by atoms with van der Waals surface area (Å²) in [5, 5.41) is 2.99. The van der Waals surface area contributed by atoms with E-state index in [0.717, 1.165) is 12.2 Å². The molecule has 0 aliphatic rings. The molecule has 0 radical (unpaired) electrons. The first-order valence-corrected chi connectivity index (χ1v) is 10.1. The molecule has 0 aliphatic heterocycles. The predicted molar refractivity (Wildman–Crippen MR) is 121 cm³/mol. The van der Waals surface area contributed by atoms with Crippen molar-refractivity contribution in [2.75, 3.05) is 11.9 Å². The number of hydrogen-bond acceptors (Lipinski definition) is 4. The number of anilines is 1. The maximum atomic E-state index is 13.7. The molecule has 5 nitrogen and oxygen atoms in total. The summed E-state index contributed by atoms with van der Waals surface area (Å²) in [4.78, 5) is 36.9. The van der Waals surface area contributed by atoms with Crippen LogP contribution in [0.2, 0.25) is 10.0 Å². The molecular weight excluding hydrogens is 456 g/mol. The molecule has 3 aromatic carbocycles. The summed E-state index contributed by atoms with van der Waals surface area (Å²) >= 11 is 11.9. The van der Waals surface area contributed by atoms with Crippen LogP contribution in [-0.2, 0) is 14.3 Å². The molecule has 1 amide bonds. The van der Waals surface area contributed by atoms with Crippen LogP contribution in [0.3, 0.4) is 0 Å². The number of carbonyl (C=O) groups excluding carboxylic acids is 3. The predicted octanol–water partition coefficient (Wildman–Crippen LogP) is 5.56. The molecule has 0 aliphatic carbocycles. The Bertz CT molecular complexity index is 1180.